The van der Waals surface area contributed by atoms with Crippen molar-refractivity contribution < 1.29 is 14.7 Å². The fourth-order valence-electron chi connectivity index (χ4n) is 2.08. The molecule has 1 aromatic rings. The number of rotatable bonds is 2. The number of carbonyl (C=O) groups is 2. The number of hydrogen-bond donors (Lipinski definition) is 2. The molecule has 0 atom stereocenters. The molecule has 0 bridgehead atoms. The van der Waals surface area contributed by atoms with Gasteiger partial charge in [0.1, 0.15) is 0 Å². The molecule has 1 fully saturated rings. The van der Waals surface area contributed by atoms with Crippen molar-refractivity contribution in [3.8, 4) is 0 Å². The van der Waals surface area contributed by atoms with Gasteiger partial charge in [0, 0.05) is 19.3 Å². The van der Waals surface area contributed by atoms with Gasteiger partial charge in [0.2, 0.25) is 0 Å². The van der Waals surface area contributed by atoms with Crippen LogP contribution < -0.4 is 5.32 Å². The van der Waals surface area contributed by atoms with Crippen LogP contribution in [-0.4, -0.2) is 40.1 Å². The Labute approximate surface area is 111 Å². The van der Waals surface area contributed by atoms with Crippen molar-refractivity contribution in [3.63, 3.8) is 0 Å². The summed E-state index contributed by atoms with van der Waals surface area (Å²) in [5.41, 5.74) is 0.0971. The number of amides is 2. The predicted octanol–water partition coefficient (Wildman–Crippen LogP) is 2.04. The Hall–Kier alpha value is -2.11. The topological polar surface area (TPSA) is 82.5 Å². The van der Waals surface area contributed by atoms with Crippen LogP contribution in [0.25, 0.3) is 0 Å². The lowest BCUT2D eigenvalue weighted by Gasteiger charge is -2.30. The minimum atomic E-state index is -1.15. The maximum atomic E-state index is 12.0. The average molecular weight is 263 g/mol. The Morgan fingerprint density at radius 2 is 2.11 bits per heavy atom. The summed E-state index contributed by atoms with van der Waals surface area (Å²) in [6.07, 6.45) is 3.35. The van der Waals surface area contributed by atoms with Crippen LogP contribution in [0.5, 0.6) is 0 Å². The number of carboxylic acids is 1. The molecule has 2 rings (SSSR count). The largest absolute Gasteiger partial charge is 0.476 e. The lowest BCUT2D eigenvalue weighted by atomic mass is 10.00. The van der Waals surface area contributed by atoms with E-state index in [2.05, 4.69) is 17.2 Å². The number of likely N-dealkylation sites (tertiary alicyclic amines) is 1. The second-order valence-electron chi connectivity index (χ2n) is 4.80. The molecule has 1 saturated heterocycles. The third kappa shape index (κ3) is 3.21. The summed E-state index contributed by atoms with van der Waals surface area (Å²) in [6, 6.07) is 2.88. The second-order valence-corrected chi connectivity index (χ2v) is 4.80. The molecular formula is C13H17N3O3. The molecule has 0 saturated carbocycles. The molecule has 2 amide bonds. The van der Waals surface area contributed by atoms with Gasteiger partial charge in [0.15, 0.2) is 5.69 Å². The molecule has 0 aromatic carbocycles. The molecule has 6 nitrogen and oxygen atoms in total. The summed E-state index contributed by atoms with van der Waals surface area (Å²) in [4.78, 5) is 28.5. The van der Waals surface area contributed by atoms with E-state index < -0.39 is 5.97 Å². The molecule has 19 heavy (non-hydrogen) atoms. The second kappa shape index (κ2) is 5.69. The molecule has 0 spiro atoms. The molecule has 2 heterocycles. The standard InChI is InChI=1S/C13H17N3O3/c1-9-4-7-16(8-5-9)13(19)15-10-3-2-6-14-11(10)12(17)18/h2-3,6,9H,4-5,7-8H2,1H3,(H,15,19)(H,17,18). The monoisotopic (exact) mass is 263 g/mol. The number of carboxylic acid groups (broad SMARTS) is 1. The molecular weight excluding hydrogens is 246 g/mol. The normalized spacial score (nSPS) is 16.2. The van der Waals surface area contributed by atoms with Crippen molar-refractivity contribution in [1.29, 1.82) is 0 Å². The Bertz CT molecular complexity index is 482. The zero-order valence-corrected chi connectivity index (χ0v) is 10.8. The van der Waals surface area contributed by atoms with Crippen LogP contribution in [-0.2, 0) is 0 Å². The van der Waals surface area contributed by atoms with Gasteiger partial charge >= 0.3 is 12.0 Å². The molecule has 6 heteroatoms. The van der Waals surface area contributed by atoms with Gasteiger partial charge in [0.05, 0.1) is 5.69 Å². The predicted molar refractivity (Wildman–Crippen MR) is 70.2 cm³/mol. The fraction of sp³-hybridized carbons (Fsp3) is 0.462. The molecule has 1 aliphatic rings. The first-order valence-electron chi connectivity index (χ1n) is 6.32. The zero-order valence-electron chi connectivity index (χ0n) is 10.8. The third-order valence-electron chi connectivity index (χ3n) is 3.32. The van der Waals surface area contributed by atoms with E-state index in [-0.39, 0.29) is 17.4 Å². The van der Waals surface area contributed by atoms with Crippen molar-refractivity contribution in [3.05, 3.63) is 24.0 Å². The zero-order chi connectivity index (χ0) is 13.8. The third-order valence-corrected chi connectivity index (χ3v) is 3.32. The number of urea groups is 1. The highest BCUT2D eigenvalue weighted by atomic mass is 16.4. The van der Waals surface area contributed by atoms with Crippen molar-refractivity contribution in [2.75, 3.05) is 18.4 Å². The number of aromatic nitrogens is 1. The minimum Gasteiger partial charge on any atom is -0.476 e. The Morgan fingerprint density at radius 1 is 1.42 bits per heavy atom. The molecule has 2 N–H and O–H groups in total. The number of anilines is 1. The molecule has 0 radical (unpaired) electrons. The number of pyridine rings is 1. The van der Waals surface area contributed by atoms with E-state index in [4.69, 9.17) is 5.11 Å². The van der Waals surface area contributed by atoms with E-state index in [1.165, 1.54) is 6.20 Å². The summed E-state index contributed by atoms with van der Waals surface area (Å²) in [5, 5.41) is 11.6. The van der Waals surface area contributed by atoms with Gasteiger partial charge in [-0.1, -0.05) is 6.92 Å². The smallest absolute Gasteiger partial charge is 0.356 e. The van der Waals surface area contributed by atoms with Gasteiger partial charge in [-0.25, -0.2) is 14.6 Å². The first-order chi connectivity index (χ1) is 9.08. The highest BCUT2D eigenvalue weighted by molar-refractivity contribution is 5.98. The summed E-state index contributed by atoms with van der Waals surface area (Å²) in [5.74, 6) is -0.514. The van der Waals surface area contributed by atoms with Crippen LogP contribution in [0.3, 0.4) is 0 Å². The summed E-state index contributed by atoms with van der Waals surface area (Å²) >= 11 is 0. The highest BCUT2D eigenvalue weighted by Crippen LogP contribution is 2.18. The van der Waals surface area contributed by atoms with E-state index >= 15 is 0 Å². The lowest BCUT2D eigenvalue weighted by molar-refractivity contribution is 0.0691. The summed E-state index contributed by atoms with van der Waals surface area (Å²) in [6.45, 7) is 3.57. The van der Waals surface area contributed by atoms with Crippen LogP contribution in [0.4, 0.5) is 10.5 Å². The van der Waals surface area contributed by atoms with Crippen molar-refractivity contribution in [1.82, 2.24) is 9.88 Å². The van der Waals surface area contributed by atoms with E-state index in [0.717, 1.165) is 12.8 Å². The van der Waals surface area contributed by atoms with Gasteiger partial charge in [0.25, 0.3) is 0 Å². The first-order valence-corrected chi connectivity index (χ1v) is 6.32. The van der Waals surface area contributed by atoms with Crippen LogP contribution >= 0.6 is 0 Å². The molecule has 0 unspecified atom stereocenters. The quantitative estimate of drug-likeness (QED) is 0.855. The van der Waals surface area contributed by atoms with Crippen LogP contribution in [0.2, 0.25) is 0 Å². The van der Waals surface area contributed by atoms with E-state index in [1.807, 2.05) is 0 Å². The van der Waals surface area contributed by atoms with Gasteiger partial charge in [-0.15, -0.1) is 0 Å². The fourth-order valence-corrected chi connectivity index (χ4v) is 2.08. The number of hydrogen-bond acceptors (Lipinski definition) is 3. The highest BCUT2D eigenvalue weighted by Gasteiger charge is 2.21. The number of carbonyl (C=O) groups excluding carboxylic acids is 1. The van der Waals surface area contributed by atoms with Crippen molar-refractivity contribution >= 4 is 17.7 Å². The Kier molecular flexibility index (Phi) is 3.99. The Morgan fingerprint density at radius 3 is 2.74 bits per heavy atom. The van der Waals surface area contributed by atoms with Gasteiger partial charge in [-0.2, -0.15) is 0 Å². The van der Waals surface area contributed by atoms with Crippen molar-refractivity contribution in [2.24, 2.45) is 5.92 Å². The van der Waals surface area contributed by atoms with E-state index in [1.54, 1.807) is 17.0 Å². The van der Waals surface area contributed by atoms with Gasteiger partial charge < -0.3 is 15.3 Å². The number of aromatic carboxylic acids is 1. The van der Waals surface area contributed by atoms with Crippen LogP contribution in [0.1, 0.15) is 30.3 Å². The summed E-state index contributed by atoms with van der Waals surface area (Å²) < 4.78 is 0. The number of nitrogens with one attached hydrogen (secondary N) is 1. The molecule has 102 valence electrons. The molecule has 0 aliphatic carbocycles. The van der Waals surface area contributed by atoms with Gasteiger partial charge in [-0.05, 0) is 30.9 Å². The number of nitrogens with zero attached hydrogens (tertiary/aromatic N) is 2. The minimum absolute atomic E-state index is 0.138. The lowest BCUT2D eigenvalue weighted by Crippen LogP contribution is -2.40. The van der Waals surface area contributed by atoms with Crippen LogP contribution in [0.15, 0.2) is 18.3 Å². The maximum absolute atomic E-state index is 12.0. The SMILES string of the molecule is CC1CCN(C(=O)Nc2cccnc2C(=O)O)CC1. The molecule has 1 aromatic heterocycles. The summed E-state index contributed by atoms with van der Waals surface area (Å²) in [7, 11) is 0. The molecule has 1 aliphatic heterocycles. The van der Waals surface area contributed by atoms with E-state index in [0.29, 0.717) is 19.0 Å². The maximum Gasteiger partial charge on any atom is 0.356 e. The number of piperidine rings is 1. The van der Waals surface area contributed by atoms with Crippen LogP contribution in [0, 0.1) is 5.92 Å². The average Bonchev–Trinajstić information content (AvgIpc) is 2.39. The van der Waals surface area contributed by atoms with Gasteiger partial charge in [-0.3, -0.25) is 0 Å². The first kappa shape index (κ1) is 13.3. The van der Waals surface area contributed by atoms with Crippen molar-refractivity contribution in [2.45, 2.75) is 19.8 Å². The van der Waals surface area contributed by atoms with E-state index in [9.17, 15) is 9.59 Å². The Balaban J connectivity index is 2.05.